The summed E-state index contributed by atoms with van der Waals surface area (Å²) in [5.41, 5.74) is 1.58. The van der Waals surface area contributed by atoms with Crippen LogP contribution in [0.2, 0.25) is 11.1 Å². The third-order valence-electron chi connectivity index (χ3n) is 3.96. The molecule has 0 saturated heterocycles. The minimum atomic E-state index is -1.81. The van der Waals surface area contributed by atoms with E-state index >= 15 is 0 Å². The third-order valence-corrected chi connectivity index (χ3v) is 8.67. The summed E-state index contributed by atoms with van der Waals surface area (Å²) in [6.07, 6.45) is 9.60. The molecule has 0 aromatic heterocycles. The van der Waals surface area contributed by atoms with Gasteiger partial charge in [-0.2, -0.15) is 0 Å². The second-order valence-electron chi connectivity index (χ2n) is 4.74. The van der Waals surface area contributed by atoms with Crippen LogP contribution in [0.4, 0.5) is 0 Å². The Kier molecular flexibility index (Phi) is 3.29. The SMILES string of the molecule is CO[Si](OC)(C1CCCCC1)C1CC1. The molecule has 2 aliphatic carbocycles. The van der Waals surface area contributed by atoms with Crippen LogP contribution in [0, 0.1) is 0 Å². The fraction of sp³-hybridized carbons (Fsp3) is 1.00. The molecule has 2 aliphatic rings. The summed E-state index contributed by atoms with van der Waals surface area (Å²) in [5.74, 6) is 0. The average molecular weight is 214 g/mol. The van der Waals surface area contributed by atoms with Gasteiger partial charge in [-0.15, -0.1) is 0 Å². The molecule has 2 rings (SSSR count). The lowest BCUT2D eigenvalue weighted by atomic mass is 10.0. The minimum absolute atomic E-state index is 0.777. The second kappa shape index (κ2) is 4.33. The van der Waals surface area contributed by atoms with E-state index in [1.54, 1.807) is 0 Å². The molecule has 0 unspecified atom stereocenters. The van der Waals surface area contributed by atoms with Crippen molar-refractivity contribution < 1.29 is 8.85 Å². The molecule has 82 valence electrons. The molecule has 14 heavy (non-hydrogen) atoms. The van der Waals surface area contributed by atoms with Crippen molar-refractivity contribution >= 4 is 8.56 Å². The molecule has 0 radical (unpaired) electrons. The molecular weight excluding hydrogens is 192 g/mol. The van der Waals surface area contributed by atoms with E-state index in [0.29, 0.717) is 0 Å². The first kappa shape index (κ1) is 10.6. The van der Waals surface area contributed by atoms with Crippen molar-refractivity contribution in [2.75, 3.05) is 14.2 Å². The van der Waals surface area contributed by atoms with Crippen molar-refractivity contribution in [3.8, 4) is 0 Å². The molecule has 0 aromatic rings. The molecule has 0 bridgehead atoms. The quantitative estimate of drug-likeness (QED) is 0.669. The summed E-state index contributed by atoms with van der Waals surface area (Å²) in [6, 6.07) is 0. The maximum atomic E-state index is 5.87. The summed E-state index contributed by atoms with van der Waals surface area (Å²) in [4.78, 5) is 0. The highest BCUT2D eigenvalue weighted by molar-refractivity contribution is 6.71. The first-order valence-electron chi connectivity index (χ1n) is 5.94. The molecule has 0 amide bonds. The summed E-state index contributed by atoms with van der Waals surface area (Å²) in [6.45, 7) is 0. The van der Waals surface area contributed by atoms with Crippen LogP contribution in [-0.2, 0) is 8.85 Å². The average Bonchev–Trinajstić information content (AvgIpc) is 3.07. The lowest BCUT2D eigenvalue weighted by Crippen LogP contribution is -2.46. The summed E-state index contributed by atoms with van der Waals surface area (Å²) in [5, 5.41) is 0. The van der Waals surface area contributed by atoms with Crippen LogP contribution < -0.4 is 0 Å². The van der Waals surface area contributed by atoms with E-state index in [4.69, 9.17) is 8.85 Å². The van der Waals surface area contributed by atoms with Gasteiger partial charge in [0.2, 0.25) is 0 Å². The fourth-order valence-electron chi connectivity index (χ4n) is 3.07. The Morgan fingerprint density at radius 2 is 1.29 bits per heavy atom. The highest BCUT2D eigenvalue weighted by Gasteiger charge is 2.55. The van der Waals surface area contributed by atoms with Crippen molar-refractivity contribution in [3.05, 3.63) is 0 Å². The van der Waals surface area contributed by atoms with Gasteiger partial charge < -0.3 is 8.85 Å². The molecule has 0 N–H and O–H groups in total. The van der Waals surface area contributed by atoms with Crippen LogP contribution >= 0.6 is 0 Å². The Balaban J connectivity index is 2.06. The Morgan fingerprint density at radius 1 is 0.786 bits per heavy atom. The maximum absolute atomic E-state index is 5.87. The standard InChI is InChI=1S/C11H22O2Si/c1-12-14(13-2,11-8-9-11)10-6-4-3-5-7-10/h10-11H,3-9H2,1-2H3. The van der Waals surface area contributed by atoms with Crippen LogP contribution in [0.15, 0.2) is 0 Å². The minimum Gasteiger partial charge on any atom is -0.397 e. The van der Waals surface area contributed by atoms with E-state index in [2.05, 4.69) is 0 Å². The van der Waals surface area contributed by atoms with Gasteiger partial charge in [0.15, 0.2) is 0 Å². The summed E-state index contributed by atoms with van der Waals surface area (Å²) >= 11 is 0. The lowest BCUT2D eigenvalue weighted by Gasteiger charge is -2.37. The molecular formula is C11H22O2Si. The van der Waals surface area contributed by atoms with Crippen molar-refractivity contribution in [2.45, 2.75) is 56.0 Å². The highest BCUT2D eigenvalue weighted by Crippen LogP contribution is 2.54. The molecule has 2 nitrogen and oxygen atoms in total. The Hall–Kier alpha value is 0.137. The van der Waals surface area contributed by atoms with Crippen molar-refractivity contribution in [2.24, 2.45) is 0 Å². The predicted molar refractivity (Wildman–Crippen MR) is 59.6 cm³/mol. The van der Waals surface area contributed by atoms with Crippen molar-refractivity contribution in [3.63, 3.8) is 0 Å². The molecule has 0 aliphatic heterocycles. The third kappa shape index (κ3) is 1.77. The van der Waals surface area contributed by atoms with Gasteiger partial charge in [-0.3, -0.25) is 0 Å². The smallest absolute Gasteiger partial charge is 0.344 e. The van der Waals surface area contributed by atoms with Crippen LogP contribution in [0.3, 0.4) is 0 Å². The molecule has 2 fully saturated rings. The molecule has 2 saturated carbocycles. The van der Waals surface area contributed by atoms with E-state index in [1.807, 2.05) is 14.2 Å². The molecule has 0 aromatic carbocycles. The van der Waals surface area contributed by atoms with Crippen LogP contribution in [0.1, 0.15) is 44.9 Å². The van der Waals surface area contributed by atoms with Gasteiger partial charge in [0, 0.05) is 25.3 Å². The molecule has 0 atom stereocenters. The Morgan fingerprint density at radius 3 is 1.71 bits per heavy atom. The number of rotatable bonds is 4. The zero-order chi connectivity index (χ0) is 10.0. The summed E-state index contributed by atoms with van der Waals surface area (Å²) in [7, 11) is 1.95. The monoisotopic (exact) mass is 214 g/mol. The van der Waals surface area contributed by atoms with Gasteiger partial charge in [-0.1, -0.05) is 19.3 Å². The van der Waals surface area contributed by atoms with E-state index < -0.39 is 8.56 Å². The highest BCUT2D eigenvalue weighted by atomic mass is 28.4. The van der Waals surface area contributed by atoms with Crippen LogP contribution in [0.25, 0.3) is 0 Å². The second-order valence-corrected chi connectivity index (χ2v) is 8.63. The van der Waals surface area contributed by atoms with E-state index in [0.717, 1.165) is 11.1 Å². The van der Waals surface area contributed by atoms with Crippen molar-refractivity contribution in [1.82, 2.24) is 0 Å². The predicted octanol–water partition coefficient (Wildman–Crippen LogP) is 3.22. The normalized spacial score (nSPS) is 25.3. The topological polar surface area (TPSA) is 18.5 Å². The van der Waals surface area contributed by atoms with Crippen LogP contribution in [-0.4, -0.2) is 22.8 Å². The maximum Gasteiger partial charge on any atom is 0.344 e. The Labute approximate surface area is 88.2 Å². The van der Waals surface area contributed by atoms with Crippen molar-refractivity contribution in [1.29, 1.82) is 0 Å². The largest absolute Gasteiger partial charge is 0.397 e. The van der Waals surface area contributed by atoms with Gasteiger partial charge >= 0.3 is 8.56 Å². The van der Waals surface area contributed by atoms with Gasteiger partial charge in [-0.05, 0) is 25.7 Å². The van der Waals surface area contributed by atoms with E-state index in [9.17, 15) is 0 Å². The first-order chi connectivity index (χ1) is 6.83. The summed E-state index contributed by atoms with van der Waals surface area (Å²) < 4.78 is 11.7. The van der Waals surface area contributed by atoms with E-state index in [-0.39, 0.29) is 0 Å². The molecule has 3 heteroatoms. The van der Waals surface area contributed by atoms with E-state index in [1.165, 1.54) is 44.9 Å². The molecule has 0 spiro atoms. The Bertz CT molecular complexity index is 182. The molecule has 0 heterocycles. The van der Waals surface area contributed by atoms with Gasteiger partial charge in [0.25, 0.3) is 0 Å². The van der Waals surface area contributed by atoms with Gasteiger partial charge in [0.05, 0.1) is 0 Å². The first-order valence-corrected chi connectivity index (χ1v) is 7.91. The van der Waals surface area contributed by atoms with Gasteiger partial charge in [0.1, 0.15) is 0 Å². The fourth-order valence-corrected chi connectivity index (χ4v) is 7.43. The number of hydrogen-bond donors (Lipinski definition) is 0. The lowest BCUT2D eigenvalue weighted by molar-refractivity contribution is 0.214. The zero-order valence-electron chi connectivity index (χ0n) is 9.42. The number of hydrogen-bond acceptors (Lipinski definition) is 2. The van der Waals surface area contributed by atoms with Crippen LogP contribution in [0.5, 0.6) is 0 Å². The van der Waals surface area contributed by atoms with Gasteiger partial charge in [-0.25, -0.2) is 0 Å². The zero-order valence-corrected chi connectivity index (χ0v) is 10.4.